The van der Waals surface area contributed by atoms with Crippen molar-refractivity contribution in [3.05, 3.63) is 99.0 Å². The summed E-state index contributed by atoms with van der Waals surface area (Å²) in [7, 11) is 1.49. The molecular weight excluding hydrogens is 399 g/mol. The van der Waals surface area contributed by atoms with Crippen LogP contribution in [0.2, 0.25) is 0 Å². The van der Waals surface area contributed by atoms with E-state index in [1.807, 2.05) is 30.3 Å². The molecule has 0 fully saturated rings. The first-order chi connectivity index (χ1) is 15.0. The Morgan fingerprint density at radius 2 is 1.94 bits per heavy atom. The molecule has 0 radical (unpaired) electrons. The Labute approximate surface area is 178 Å². The van der Waals surface area contributed by atoms with Crippen LogP contribution in [-0.4, -0.2) is 39.9 Å². The van der Waals surface area contributed by atoms with Crippen molar-refractivity contribution < 1.29 is 14.0 Å². The van der Waals surface area contributed by atoms with E-state index in [1.54, 1.807) is 11.1 Å². The summed E-state index contributed by atoms with van der Waals surface area (Å²) in [6, 6.07) is 12.0. The number of amides is 2. The molecule has 0 atom stereocenters. The second kappa shape index (κ2) is 8.51. The van der Waals surface area contributed by atoms with Gasteiger partial charge in [0, 0.05) is 26.3 Å². The summed E-state index contributed by atoms with van der Waals surface area (Å²) in [6.45, 7) is 0.869. The monoisotopic (exact) mass is 420 g/mol. The van der Waals surface area contributed by atoms with Crippen LogP contribution in [0.4, 0.5) is 4.39 Å². The topological polar surface area (TPSA) is 84.3 Å². The van der Waals surface area contributed by atoms with Gasteiger partial charge in [-0.15, -0.1) is 0 Å². The number of hydrogen-bond acceptors (Lipinski definition) is 4. The second-order valence-electron chi connectivity index (χ2n) is 7.34. The number of benzene rings is 1. The van der Waals surface area contributed by atoms with E-state index < -0.39 is 11.7 Å². The predicted octanol–water partition coefficient (Wildman–Crippen LogP) is 1.99. The molecule has 7 nitrogen and oxygen atoms in total. The van der Waals surface area contributed by atoms with Gasteiger partial charge in [-0.1, -0.05) is 30.3 Å². The van der Waals surface area contributed by atoms with Crippen molar-refractivity contribution in [3.63, 3.8) is 0 Å². The van der Waals surface area contributed by atoms with E-state index in [-0.39, 0.29) is 29.3 Å². The molecule has 8 heteroatoms. The highest BCUT2D eigenvalue weighted by Gasteiger charge is 2.28. The average molecular weight is 420 g/mol. The van der Waals surface area contributed by atoms with Crippen molar-refractivity contribution in [2.45, 2.75) is 19.5 Å². The van der Waals surface area contributed by atoms with Gasteiger partial charge in [-0.2, -0.15) is 0 Å². The van der Waals surface area contributed by atoms with Crippen molar-refractivity contribution in [1.82, 2.24) is 19.8 Å². The minimum Gasteiger partial charge on any atom is -0.355 e. The number of rotatable bonds is 4. The summed E-state index contributed by atoms with van der Waals surface area (Å²) in [6.07, 6.45) is 3.09. The summed E-state index contributed by atoms with van der Waals surface area (Å²) in [5, 5.41) is 2.55. The zero-order valence-corrected chi connectivity index (χ0v) is 17.0. The van der Waals surface area contributed by atoms with Gasteiger partial charge in [0.15, 0.2) is 0 Å². The number of hydrogen-bond donors (Lipinski definition) is 1. The fourth-order valence-electron chi connectivity index (χ4n) is 3.81. The van der Waals surface area contributed by atoms with E-state index in [2.05, 4.69) is 10.3 Å². The van der Waals surface area contributed by atoms with E-state index in [4.69, 9.17) is 0 Å². The van der Waals surface area contributed by atoms with Crippen LogP contribution in [0, 0.1) is 5.82 Å². The van der Waals surface area contributed by atoms with Crippen LogP contribution in [0.15, 0.2) is 59.7 Å². The van der Waals surface area contributed by atoms with Crippen LogP contribution in [0.3, 0.4) is 0 Å². The first-order valence-electron chi connectivity index (χ1n) is 9.90. The highest BCUT2D eigenvalue weighted by molar-refractivity contribution is 5.96. The highest BCUT2D eigenvalue weighted by Crippen LogP contribution is 2.22. The molecule has 2 aromatic heterocycles. The Kier molecular flexibility index (Phi) is 5.62. The van der Waals surface area contributed by atoms with Gasteiger partial charge in [0.25, 0.3) is 17.4 Å². The van der Waals surface area contributed by atoms with Crippen molar-refractivity contribution in [2.24, 2.45) is 0 Å². The van der Waals surface area contributed by atoms with Crippen LogP contribution >= 0.6 is 0 Å². The number of carbonyl (C=O) groups excluding carboxylic acids is 2. The van der Waals surface area contributed by atoms with Crippen molar-refractivity contribution in [2.75, 3.05) is 13.6 Å². The molecule has 2 amide bonds. The molecule has 1 aliphatic heterocycles. The molecule has 0 saturated heterocycles. The Morgan fingerprint density at radius 1 is 1.16 bits per heavy atom. The number of halogens is 1. The lowest BCUT2D eigenvalue weighted by Crippen LogP contribution is -2.41. The van der Waals surface area contributed by atoms with Crippen molar-refractivity contribution in [3.8, 4) is 0 Å². The van der Waals surface area contributed by atoms with E-state index in [0.29, 0.717) is 25.1 Å². The van der Waals surface area contributed by atoms with Gasteiger partial charge in [-0.3, -0.25) is 14.4 Å². The van der Waals surface area contributed by atoms with Crippen LogP contribution < -0.4 is 10.9 Å². The molecule has 158 valence electrons. The van der Waals surface area contributed by atoms with E-state index in [0.717, 1.165) is 17.3 Å². The number of pyridine rings is 2. The van der Waals surface area contributed by atoms with Crippen LogP contribution in [-0.2, 0) is 19.5 Å². The molecule has 0 unspecified atom stereocenters. The highest BCUT2D eigenvalue weighted by atomic mass is 19.1. The molecule has 0 aliphatic carbocycles. The fourth-order valence-corrected chi connectivity index (χ4v) is 3.81. The Morgan fingerprint density at radius 3 is 2.61 bits per heavy atom. The summed E-state index contributed by atoms with van der Waals surface area (Å²) >= 11 is 0. The first kappa shape index (κ1) is 20.5. The fraction of sp³-hybridized carbons (Fsp3) is 0.217. The second-order valence-corrected chi connectivity index (χ2v) is 7.34. The quantitative estimate of drug-likeness (QED) is 0.700. The molecule has 3 aromatic rings. The largest absolute Gasteiger partial charge is 0.355 e. The van der Waals surface area contributed by atoms with Gasteiger partial charge in [-0.25, -0.2) is 9.37 Å². The van der Waals surface area contributed by atoms with Gasteiger partial charge in [0.1, 0.15) is 17.1 Å². The van der Waals surface area contributed by atoms with E-state index in [9.17, 15) is 18.8 Å². The van der Waals surface area contributed by atoms with Gasteiger partial charge in [0.05, 0.1) is 12.7 Å². The van der Waals surface area contributed by atoms with Gasteiger partial charge in [0.2, 0.25) is 0 Å². The summed E-state index contributed by atoms with van der Waals surface area (Å²) in [5.41, 5.74) is 2.21. The Bertz CT molecular complexity index is 1190. The molecule has 0 bridgehead atoms. The zero-order valence-electron chi connectivity index (χ0n) is 17.0. The van der Waals surface area contributed by atoms with Gasteiger partial charge in [-0.05, 0) is 35.2 Å². The lowest BCUT2D eigenvalue weighted by Gasteiger charge is -2.30. The lowest BCUT2D eigenvalue weighted by atomic mass is 9.95. The van der Waals surface area contributed by atoms with Gasteiger partial charge >= 0.3 is 0 Å². The number of fused-ring (bicyclic) bond motifs is 1. The van der Waals surface area contributed by atoms with Crippen molar-refractivity contribution >= 4 is 11.8 Å². The number of nitrogens with zero attached hydrogens (tertiary/aromatic N) is 3. The molecule has 0 spiro atoms. The normalized spacial score (nSPS) is 12.9. The molecule has 3 heterocycles. The maximum Gasteiger partial charge on any atom is 0.272 e. The molecule has 0 saturated carbocycles. The van der Waals surface area contributed by atoms with Crippen LogP contribution in [0.5, 0.6) is 0 Å². The third-order valence-corrected chi connectivity index (χ3v) is 5.35. The van der Waals surface area contributed by atoms with Gasteiger partial charge < -0.3 is 14.8 Å². The summed E-state index contributed by atoms with van der Waals surface area (Å²) in [4.78, 5) is 43.9. The SMILES string of the molecule is CNC(=O)c1c2c(cn(Cc3ccccc3)c1=O)CN(C(=O)c1ccc(F)cn1)CC2. The molecule has 1 aromatic carbocycles. The third kappa shape index (κ3) is 4.09. The standard InChI is InChI=1S/C23H21FN4O3/c1-25-21(29)20-18-9-10-27(22(30)19-8-7-17(24)11-26-19)13-16(18)14-28(23(20)31)12-15-5-3-2-4-6-15/h2-8,11,14H,9-10,12-13H2,1H3,(H,25,29). The Balaban J connectivity index is 1.72. The van der Waals surface area contributed by atoms with Crippen LogP contribution in [0.1, 0.15) is 37.5 Å². The average Bonchev–Trinajstić information content (AvgIpc) is 2.79. The molecule has 1 aliphatic rings. The first-order valence-corrected chi connectivity index (χ1v) is 9.90. The maximum atomic E-state index is 13.1. The van der Waals surface area contributed by atoms with E-state index in [1.165, 1.54) is 23.7 Å². The van der Waals surface area contributed by atoms with Crippen LogP contribution in [0.25, 0.3) is 0 Å². The molecule has 4 rings (SSSR count). The molecule has 1 N–H and O–H groups in total. The minimum absolute atomic E-state index is 0.114. The lowest BCUT2D eigenvalue weighted by molar-refractivity contribution is 0.0728. The van der Waals surface area contributed by atoms with E-state index >= 15 is 0 Å². The smallest absolute Gasteiger partial charge is 0.272 e. The molecular formula is C23H21FN4O3. The van der Waals surface area contributed by atoms with Crippen molar-refractivity contribution in [1.29, 1.82) is 0 Å². The number of aromatic nitrogens is 2. The summed E-state index contributed by atoms with van der Waals surface area (Å²) in [5.74, 6) is -1.28. The zero-order chi connectivity index (χ0) is 22.0. The third-order valence-electron chi connectivity index (χ3n) is 5.35. The number of nitrogens with one attached hydrogen (secondary N) is 1. The minimum atomic E-state index is -0.513. The predicted molar refractivity (Wildman–Crippen MR) is 112 cm³/mol. The Hall–Kier alpha value is -3.81. The number of carbonyl (C=O) groups is 2. The molecule has 31 heavy (non-hydrogen) atoms. The summed E-state index contributed by atoms with van der Waals surface area (Å²) < 4.78 is 14.6. The maximum absolute atomic E-state index is 13.1.